The molecular weight excluding hydrogens is 488 g/mol. The molecule has 1 aromatic carbocycles. The number of benzene rings is 1. The molecule has 7 nitrogen and oxygen atoms in total. The Morgan fingerprint density at radius 2 is 1.66 bits per heavy atom. The van der Waals surface area contributed by atoms with Gasteiger partial charge < -0.3 is 10.2 Å². The normalized spacial score (nSPS) is 15.2. The quantitative estimate of drug-likeness (QED) is 0.442. The van der Waals surface area contributed by atoms with E-state index in [4.69, 9.17) is 0 Å². The predicted octanol–water partition coefficient (Wildman–Crippen LogP) is 4.20. The highest BCUT2D eigenvalue weighted by Gasteiger charge is 2.39. The Balaban J connectivity index is 1.70. The SMILES string of the molecule is CC(=O)N1CCN(Cc2sc(NC(=O)C(C)(C)CC(=O)c3ccc(F)cc3)nc2C(F)(F)F)CC1. The highest BCUT2D eigenvalue weighted by Crippen LogP contribution is 2.37. The van der Waals surface area contributed by atoms with E-state index in [1.54, 1.807) is 9.80 Å². The molecule has 0 spiro atoms. The summed E-state index contributed by atoms with van der Waals surface area (Å²) in [6.07, 6.45) is -4.93. The number of amides is 2. The Hall–Kier alpha value is -2.86. The van der Waals surface area contributed by atoms with Crippen molar-refractivity contribution in [3.05, 3.63) is 46.2 Å². The van der Waals surface area contributed by atoms with Crippen molar-refractivity contribution in [1.29, 1.82) is 0 Å². The van der Waals surface area contributed by atoms with E-state index in [9.17, 15) is 31.9 Å². The molecule has 2 heterocycles. The summed E-state index contributed by atoms with van der Waals surface area (Å²) in [4.78, 5) is 43.8. The number of halogens is 4. The van der Waals surface area contributed by atoms with E-state index in [2.05, 4.69) is 10.3 Å². The third-order valence-electron chi connectivity index (χ3n) is 5.75. The van der Waals surface area contributed by atoms with Crippen molar-refractivity contribution in [3.8, 4) is 0 Å². The maximum atomic E-state index is 13.6. The van der Waals surface area contributed by atoms with Crippen molar-refractivity contribution in [3.63, 3.8) is 0 Å². The molecule has 2 amide bonds. The molecule has 2 aromatic rings. The molecular formula is C23H26F4N4O3S. The van der Waals surface area contributed by atoms with Crippen molar-refractivity contribution >= 4 is 34.1 Å². The molecule has 1 aliphatic heterocycles. The lowest BCUT2D eigenvalue weighted by molar-refractivity contribution is -0.141. The van der Waals surface area contributed by atoms with Gasteiger partial charge in [-0.25, -0.2) is 9.37 Å². The molecule has 1 aliphatic rings. The van der Waals surface area contributed by atoms with Gasteiger partial charge in [0, 0.05) is 51.6 Å². The van der Waals surface area contributed by atoms with Crippen LogP contribution in [0.15, 0.2) is 24.3 Å². The minimum absolute atomic E-state index is 0.0133. The van der Waals surface area contributed by atoms with Crippen molar-refractivity contribution in [2.24, 2.45) is 5.41 Å². The Morgan fingerprint density at radius 1 is 1.06 bits per heavy atom. The summed E-state index contributed by atoms with van der Waals surface area (Å²) in [5.41, 5.74) is -2.08. The fourth-order valence-corrected chi connectivity index (χ4v) is 4.66. The number of thiazole rings is 1. The van der Waals surface area contributed by atoms with E-state index in [1.165, 1.54) is 32.9 Å². The van der Waals surface area contributed by atoms with Crippen LogP contribution in [0.4, 0.5) is 22.7 Å². The maximum absolute atomic E-state index is 13.6. The van der Waals surface area contributed by atoms with Crippen molar-refractivity contribution in [2.45, 2.75) is 39.9 Å². The second-order valence-electron chi connectivity index (χ2n) is 9.02. The number of ketones is 1. The van der Waals surface area contributed by atoms with Gasteiger partial charge >= 0.3 is 6.18 Å². The Morgan fingerprint density at radius 3 is 2.20 bits per heavy atom. The number of aromatic nitrogens is 1. The van der Waals surface area contributed by atoms with Crippen LogP contribution in [0.25, 0.3) is 0 Å². The van der Waals surface area contributed by atoms with E-state index < -0.39 is 34.8 Å². The van der Waals surface area contributed by atoms with E-state index in [-0.39, 0.29) is 34.4 Å². The first-order valence-electron chi connectivity index (χ1n) is 10.9. The highest BCUT2D eigenvalue weighted by atomic mass is 32.1. The number of nitrogens with one attached hydrogen (secondary N) is 1. The zero-order valence-electron chi connectivity index (χ0n) is 19.5. The zero-order chi connectivity index (χ0) is 26.0. The molecule has 1 fully saturated rings. The van der Waals surface area contributed by atoms with Gasteiger partial charge in [-0.05, 0) is 24.3 Å². The number of nitrogens with zero attached hydrogens (tertiary/aromatic N) is 3. The van der Waals surface area contributed by atoms with Gasteiger partial charge in [0.2, 0.25) is 11.8 Å². The number of carbonyl (C=O) groups is 3. The van der Waals surface area contributed by atoms with Crippen LogP contribution in [-0.2, 0) is 22.3 Å². The van der Waals surface area contributed by atoms with Crippen LogP contribution in [0.2, 0.25) is 0 Å². The molecule has 0 unspecified atom stereocenters. The maximum Gasteiger partial charge on any atom is 0.434 e. The van der Waals surface area contributed by atoms with Crippen LogP contribution >= 0.6 is 11.3 Å². The molecule has 35 heavy (non-hydrogen) atoms. The van der Waals surface area contributed by atoms with Crippen molar-refractivity contribution in [2.75, 3.05) is 31.5 Å². The summed E-state index contributed by atoms with van der Waals surface area (Å²) in [5.74, 6) is -1.63. The van der Waals surface area contributed by atoms with Gasteiger partial charge in [-0.1, -0.05) is 25.2 Å². The van der Waals surface area contributed by atoms with Gasteiger partial charge in [0.1, 0.15) is 5.82 Å². The van der Waals surface area contributed by atoms with Gasteiger partial charge in [0.15, 0.2) is 16.6 Å². The summed E-state index contributed by atoms with van der Waals surface area (Å²) in [5, 5.41) is 2.22. The first-order valence-corrected chi connectivity index (χ1v) is 11.7. The zero-order valence-corrected chi connectivity index (χ0v) is 20.4. The van der Waals surface area contributed by atoms with E-state index in [0.717, 1.165) is 23.5 Å². The largest absolute Gasteiger partial charge is 0.434 e. The van der Waals surface area contributed by atoms with Crippen LogP contribution in [0.5, 0.6) is 0 Å². The van der Waals surface area contributed by atoms with Crippen LogP contribution in [-0.4, -0.2) is 58.6 Å². The molecule has 0 bridgehead atoms. The van der Waals surface area contributed by atoms with Crippen molar-refractivity contribution < 1.29 is 31.9 Å². The number of piperazine rings is 1. The molecule has 0 saturated carbocycles. The number of Topliss-reactive ketones (excluding diaryl/α,β-unsaturated/α-hetero) is 1. The monoisotopic (exact) mass is 514 g/mol. The van der Waals surface area contributed by atoms with E-state index in [0.29, 0.717) is 26.2 Å². The Labute approximate surface area is 204 Å². The van der Waals surface area contributed by atoms with Crippen LogP contribution < -0.4 is 5.32 Å². The van der Waals surface area contributed by atoms with Gasteiger partial charge in [-0.3, -0.25) is 19.3 Å². The van der Waals surface area contributed by atoms with Gasteiger partial charge in [-0.2, -0.15) is 13.2 Å². The summed E-state index contributed by atoms with van der Waals surface area (Å²) in [6, 6.07) is 4.89. The lowest BCUT2D eigenvalue weighted by atomic mass is 9.84. The Kier molecular flexibility index (Phi) is 7.95. The summed E-state index contributed by atoms with van der Waals surface area (Å²) in [6.45, 7) is 6.13. The average molecular weight is 515 g/mol. The number of carbonyl (C=O) groups excluding carboxylic acids is 3. The van der Waals surface area contributed by atoms with Crippen LogP contribution in [0.1, 0.15) is 48.1 Å². The average Bonchev–Trinajstić information content (AvgIpc) is 3.17. The van der Waals surface area contributed by atoms with Gasteiger partial charge in [0.25, 0.3) is 0 Å². The third kappa shape index (κ3) is 6.85. The smallest absolute Gasteiger partial charge is 0.340 e. The third-order valence-corrected chi connectivity index (χ3v) is 6.71. The summed E-state index contributed by atoms with van der Waals surface area (Å²) >= 11 is 0.737. The summed E-state index contributed by atoms with van der Waals surface area (Å²) < 4.78 is 54.0. The van der Waals surface area contributed by atoms with Crippen molar-refractivity contribution in [1.82, 2.24) is 14.8 Å². The second-order valence-corrected chi connectivity index (χ2v) is 10.1. The lowest BCUT2D eigenvalue weighted by Gasteiger charge is -2.34. The highest BCUT2D eigenvalue weighted by molar-refractivity contribution is 7.15. The van der Waals surface area contributed by atoms with Gasteiger partial charge in [-0.15, -0.1) is 0 Å². The molecule has 0 atom stereocenters. The minimum Gasteiger partial charge on any atom is -0.340 e. The molecule has 0 aliphatic carbocycles. The number of hydrogen-bond acceptors (Lipinski definition) is 6. The first kappa shape index (κ1) is 26.7. The molecule has 190 valence electrons. The number of hydrogen-bond donors (Lipinski definition) is 1. The molecule has 0 radical (unpaired) electrons. The predicted molar refractivity (Wildman–Crippen MR) is 122 cm³/mol. The van der Waals surface area contributed by atoms with Gasteiger partial charge in [0.05, 0.1) is 10.3 Å². The minimum atomic E-state index is -4.70. The lowest BCUT2D eigenvalue weighted by Crippen LogP contribution is -2.47. The van der Waals surface area contributed by atoms with E-state index in [1.807, 2.05) is 0 Å². The molecule has 12 heteroatoms. The second kappa shape index (κ2) is 10.4. The topological polar surface area (TPSA) is 82.6 Å². The first-order chi connectivity index (χ1) is 16.3. The molecule has 1 N–H and O–H groups in total. The number of rotatable bonds is 7. The van der Waals surface area contributed by atoms with Crippen LogP contribution in [0.3, 0.4) is 0 Å². The molecule has 1 aromatic heterocycles. The molecule has 3 rings (SSSR count). The fraction of sp³-hybridized carbons (Fsp3) is 0.478. The van der Waals surface area contributed by atoms with Crippen LogP contribution in [0, 0.1) is 11.2 Å². The van der Waals surface area contributed by atoms with E-state index >= 15 is 0 Å². The fourth-order valence-electron chi connectivity index (χ4n) is 3.64. The summed E-state index contributed by atoms with van der Waals surface area (Å²) in [7, 11) is 0. The Bertz CT molecular complexity index is 1090. The number of alkyl halides is 3. The molecule has 1 saturated heterocycles. The number of anilines is 1. The standard InChI is InChI=1S/C23H26F4N4O3S/c1-14(32)31-10-8-30(9-11-31)13-18-19(23(25,26)27)28-21(35-18)29-20(34)22(2,3)12-17(33)15-4-6-16(24)7-5-15/h4-7H,8-13H2,1-3H3,(H,28,29,34).